The average molecular weight is 314 g/mol. The molecular formula is C18H22N2O3. The first-order chi connectivity index (χ1) is 11.2. The minimum atomic E-state index is -0.358. The minimum absolute atomic E-state index is 0.0147. The highest BCUT2D eigenvalue weighted by molar-refractivity contribution is 5.28. The van der Waals surface area contributed by atoms with Crippen LogP contribution in [-0.4, -0.2) is 29.1 Å². The average Bonchev–Trinajstić information content (AvgIpc) is 3.21. The van der Waals surface area contributed by atoms with Crippen molar-refractivity contribution < 1.29 is 14.0 Å². The number of hydrogen-bond acceptors (Lipinski definition) is 5. The third-order valence-corrected chi connectivity index (χ3v) is 5.23. The fourth-order valence-electron chi connectivity index (χ4n) is 3.96. The number of aryl methyl sites for hydroxylation is 1. The largest absolute Gasteiger partial charge is 0.348 e. The second-order valence-electron chi connectivity index (χ2n) is 6.67. The van der Waals surface area contributed by atoms with Gasteiger partial charge >= 0.3 is 0 Å². The molecular weight excluding hydrogens is 292 g/mol. The summed E-state index contributed by atoms with van der Waals surface area (Å²) >= 11 is 0. The van der Waals surface area contributed by atoms with Gasteiger partial charge in [0.25, 0.3) is 0 Å². The van der Waals surface area contributed by atoms with E-state index in [9.17, 15) is 0 Å². The van der Waals surface area contributed by atoms with Gasteiger partial charge in [-0.3, -0.25) is 0 Å². The molecule has 0 amide bonds. The highest BCUT2D eigenvalue weighted by Crippen LogP contribution is 2.47. The Labute approximate surface area is 136 Å². The van der Waals surface area contributed by atoms with E-state index in [0.29, 0.717) is 19.0 Å². The van der Waals surface area contributed by atoms with E-state index in [1.165, 1.54) is 5.56 Å². The van der Waals surface area contributed by atoms with Gasteiger partial charge in [-0.05, 0) is 25.3 Å². The number of nitrogens with zero attached hydrogens (tertiary/aromatic N) is 2. The summed E-state index contributed by atoms with van der Waals surface area (Å²) in [5, 5.41) is 3.94. The standard InChI is InChI=1S/C18H22N2O3/c1-14-19-16(23-20-14)13-17(15-5-3-2-4-6-15)7-9-18(10-8-17)21-11-12-22-18/h2-6H,7-13H2,1H3. The summed E-state index contributed by atoms with van der Waals surface area (Å²) in [5.41, 5.74) is 1.35. The lowest BCUT2D eigenvalue weighted by Gasteiger charge is -2.43. The first kappa shape index (κ1) is 14.8. The van der Waals surface area contributed by atoms with Crippen molar-refractivity contribution in [2.45, 2.75) is 50.2 Å². The predicted octanol–water partition coefficient (Wildman–Crippen LogP) is 3.18. The number of rotatable bonds is 3. The number of benzene rings is 1. The second-order valence-corrected chi connectivity index (χ2v) is 6.67. The molecule has 1 aromatic heterocycles. The molecule has 2 aliphatic rings. The molecule has 2 aromatic rings. The van der Waals surface area contributed by atoms with Crippen molar-refractivity contribution in [3.05, 3.63) is 47.6 Å². The molecule has 0 unspecified atom stereocenters. The van der Waals surface area contributed by atoms with Crippen LogP contribution in [-0.2, 0) is 21.3 Å². The Morgan fingerprint density at radius 2 is 1.70 bits per heavy atom. The fourth-order valence-corrected chi connectivity index (χ4v) is 3.96. The first-order valence-corrected chi connectivity index (χ1v) is 8.33. The molecule has 0 atom stereocenters. The third-order valence-electron chi connectivity index (χ3n) is 5.23. The molecule has 1 aromatic carbocycles. The van der Waals surface area contributed by atoms with Gasteiger partial charge < -0.3 is 14.0 Å². The first-order valence-electron chi connectivity index (χ1n) is 8.33. The maximum absolute atomic E-state index is 5.89. The highest BCUT2D eigenvalue weighted by atomic mass is 16.7. The van der Waals surface area contributed by atoms with Crippen molar-refractivity contribution in [3.63, 3.8) is 0 Å². The van der Waals surface area contributed by atoms with E-state index in [4.69, 9.17) is 14.0 Å². The lowest BCUT2D eigenvalue weighted by Crippen LogP contribution is -2.43. The molecule has 2 heterocycles. The normalized spacial score (nSPS) is 22.5. The van der Waals surface area contributed by atoms with Gasteiger partial charge in [0.1, 0.15) is 0 Å². The monoisotopic (exact) mass is 314 g/mol. The Bertz CT molecular complexity index is 652. The molecule has 2 fully saturated rings. The molecule has 1 aliphatic carbocycles. The Morgan fingerprint density at radius 1 is 1.00 bits per heavy atom. The molecule has 4 rings (SSSR count). The number of hydrogen-bond donors (Lipinski definition) is 0. The molecule has 122 valence electrons. The van der Waals surface area contributed by atoms with Gasteiger partial charge in [-0.1, -0.05) is 35.5 Å². The Balaban J connectivity index is 1.62. The van der Waals surface area contributed by atoms with E-state index >= 15 is 0 Å². The lowest BCUT2D eigenvalue weighted by molar-refractivity contribution is -0.185. The summed E-state index contributed by atoms with van der Waals surface area (Å²) in [4.78, 5) is 4.42. The SMILES string of the molecule is Cc1noc(CC2(c3ccccc3)CCC3(CC2)OCCO3)n1. The molecule has 1 aliphatic heterocycles. The molecule has 1 saturated heterocycles. The van der Waals surface area contributed by atoms with Gasteiger partial charge in [0.2, 0.25) is 5.89 Å². The van der Waals surface area contributed by atoms with Gasteiger partial charge in [-0.2, -0.15) is 4.98 Å². The Kier molecular flexibility index (Phi) is 3.70. The summed E-state index contributed by atoms with van der Waals surface area (Å²) in [6.45, 7) is 3.28. The van der Waals surface area contributed by atoms with Crippen LogP contribution in [0.25, 0.3) is 0 Å². The van der Waals surface area contributed by atoms with Crippen LogP contribution in [0, 0.1) is 6.92 Å². The van der Waals surface area contributed by atoms with Crippen LogP contribution in [0.1, 0.15) is 43.0 Å². The molecule has 0 radical (unpaired) electrons. The van der Waals surface area contributed by atoms with Crippen molar-refractivity contribution in [1.82, 2.24) is 10.1 Å². The van der Waals surface area contributed by atoms with E-state index < -0.39 is 0 Å². The molecule has 5 heteroatoms. The summed E-state index contributed by atoms with van der Waals surface area (Å²) in [5.74, 6) is 1.05. The van der Waals surface area contributed by atoms with Crippen molar-refractivity contribution in [2.75, 3.05) is 13.2 Å². The van der Waals surface area contributed by atoms with Crippen LogP contribution in [0.2, 0.25) is 0 Å². The van der Waals surface area contributed by atoms with Crippen molar-refractivity contribution in [3.8, 4) is 0 Å². The lowest BCUT2D eigenvalue weighted by atomic mass is 9.66. The topological polar surface area (TPSA) is 57.4 Å². The van der Waals surface area contributed by atoms with Crippen molar-refractivity contribution in [1.29, 1.82) is 0 Å². The van der Waals surface area contributed by atoms with Gasteiger partial charge in [0.15, 0.2) is 11.6 Å². The fraction of sp³-hybridized carbons (Fsp3) is 0.556. The zero-order valence-electron chi connectivity index (χ0n) is 13.5. The van der Waals surface area contributed by atoms with Crippen LogP contribution in [0.3, 0.4) is 0 Å². The molecule has 5 nitrogen and oxygen atoms in total. The molecule has 23 heavy (non-hydrogen) atoms. The van der Waals surface area contributed by atoms with Crippen molar-refractivity contribution in [2.24, 2.45) is 0 Å². The molecule has 1 spiro atoms. The summed E-state index contributed by atoms with van der Waals surface area (Å²) in [7, 11) is 0. The minimum Gasteiger partial charge on any atom is -0.348 e. The number of ether oxygens (including phenoxy) is 2. The summed E-state index contributed by atoms with van der Waals surface area (Å²) in [6, 6.07) is 10.7. The maximum atomic E-state index is 5.89. The zero-order valence-corrected chi connectivity index (χ0v) is 13.5. The highest BCUT2D eigenvalue weighted by Gasteiger charge is 2.47. The maximum Gasteiger partial charge on any atom is 0.227 e. The number of aromatic nitrogens is 2. The van der Waals surface area contributed by atoms with Crippen LogP contribution < -0.4 is 0 Å². The van der Waals surface area contributed by atoms with Gasteiger partial charge in [0, 0.05) is 24.7 Å². The zero-order chi connectivity index (χ0) is 15.8. The van der Waals surface area contributed by atoms with E-state index in [2.05, 4.69) is 40.5 Å². The van der Waals surface area contributed by atoms with Gasteiger partial charge in [0.05, 0.1) is 13.2 Å². The van der Waals surface area contributed by atoms with E-state index in [1.54, 1.807) is 0 Å². The Morgan fingerprint density at radius 3 is 2.30 bits per heavy atom. The van der Waals surface area contributed by atoms with Crippen LogP contribution >= 0.6 is 0 Å². The van der Waals surface area contributed by atoms with Crippen LogP contribution in [0.15, 0.2) is 34.9 Å². The smallest absolute Gasteiger partial charge is 0.227 e. The third kappa shape index (κ3) is 2.79. The van der Waals surface area contributed by atoms with E-state index in [1.807, 2.05) is 6.92 Å². The van der Waals surface area contributed by atoms with Gasteiger partial charge in [-0.15, -0.1) is 0 Å². The molecule has 0 N–H and O–H groups in total. The summed E-state index contributed by atoms with van der Waals surface area (Å²) < 4.78 is 17.2. The quantitative estimate of drug-likeness (QED) is 0.871. The van der Waals surface area contributed by atoms with E-state index in [0.717, 1.165) is 38.0 Å². The van der Waals surface area contributed by atoms with Gasteiger partial charge in [-0.25, -0.2) is 0 Å². The van der Waals surface area contributed by atoms with Crippen molar-refractivity contribution >= 4 is 0 Å². The second kappa shape index (κ2) is 5.73. The van der Waals surface area contributed by atoms with Crippen LogP contribution in [0.5, 0.6) is 0 Å². The summed E-state index contributed by atoms with van der Waals surface area (Å²) in [6.07, 6.45) is 4.59. The van der Waals surface area contributed by atoms with Crippen LogP contribution in [0.4, 0.5) is 0 Å². The predicted molar refractivity (Wildman–Crippen MR) is 84.0 cm³/mol. The Hall–Kier alpha value is -1.72. The van der Waals surface area contributed by atoms with E-state index in [-0.39, 0.29) is 11.2 Å². The molecule has 0 bridgehead atoms. The molecule has 1 saturated carbocycles.